The van der Waals surface area contributed by atoms with Gasteiger partial charge in [0.05, 0.1) is 0 Å². The van der Waals surface area contributed by atoms with Crippen molar-refractivity contribution in [3.63, 3.8) is 0 Å². The molecule has 2 heterocycles. The predicted molar refractivity (Wildman–Crippen MR) is 84.9 cm³/mol. The molecule has 130 valence electrons. The highest BCUT2D eigenvalue weighted by molar-refractivity contribution is 4.96. The normalized spacial score (nSPS) is 40.9. The minimum atomic E-state index is -2.25. The van der Waals surface area contributed by atoms with E-state index in [1.54, 1.807) is 7.11 Å². The number of piperidine rings is 2. The van der Waals surface area contributed by atoms with Gasteiger partial charge in [0.2, 0.25) is 6.43 Å². The minimum Gasteiger partial charge on any atom is -0.366 e. The topological polar surface area (TPSA) is 33.3 Å². The van der Waals surface area contributed by atoms with Crippen LogP contribution in [0.2, 0.25) is 0 Å². The fourth-order valence-electron chi connectivity index (χ4n) is 4.38. The Labute approximate surface area is 133 Å². The maximum Gasteiger partial charge on any atom is 0.242 e. The van der Waals surface area contributed by atoms with Gasteiger partial charge in [-0.25, -0.2) is 8.78 Å². The van der Waals surface area contributed by atoms with Gasteiger partial charge in [-0.2, -0.15) is 0 Å². The Balaban J connectivity index is 2.21. The van der Waals surface area contributed by atoms with Crippen LogP contribution in [0.1, 0.15) is 40.5 Å². The monoisotopic (exact) mass is 318 g/mol. The first-order chi connectivity index (χ1) is 10.2. The minimum absolute atomic E-state index is 0.102. The van der Waals surface area contributed by atoms with Crippen molar-refractivity contribution in [2.45, 2.75) is 59.2 Å². The number of hydrogen-bond donors (Lipinski definition) is 2. The molecule has 3 nitrogen and oxygen atoms in total. The van der Waals surface area contributed by atoms with Gasteiger partial charge in [-0.3, -0.25) is 5.32 Å². The molecule has 0 saturated carbocycles. The second-order valence-electron chi connectivity index (χ2n) is 8.24. The molecule has 0 aromatic carbocycles. The molecule has 2 aliphatic rings. The molecule has 0 aromatic rings. The largest absolute Gasteiger partial charge is 0.366 e. The van der Waals surface area contributed by atoms with E-state index in [4.69, 9.17) is 4.74 Å². The zero-order chi connectivity index (χ0) is 16.5. The van der Waals surface area contributed by atoms with Crippen molar-refractivity contribution in [3.05, 3.63) is 0 Å². The van der Waals surface area contributed by atoms with E-state index < -0.39 is 12.3 Å². The zero-order valence-corrected chi connectivity index (χ0v) is 14.5. The van der Waals surface area contributed by atoms with E-state index >= 15 is 0 Å². The molecule has 0 bridgehead atoms. The van der Waals surface area contributed by atoms with Crippen molar-refractivity contribution in [2.75, 3.05) is 20.2 Å². The van der Waals surface area contributed by atoms with Crippen molar-refractivity contribution in [1.29, 1.82) is 0 Å². The van der Waals surface area contributed by atoms with E-state index in [0.717, 1.165) is 13.0 Å². The molecule has 2 fully saturated rings. The molecule has 2 N–H and O–H groups in total. The van der Waals surface area contributed by atoms with Crippen molar-refractivity contribution in [1.82, 2.24) is 10.6 Å². The van der Waals surface area contributed by atoms with Crippen LogP contribution in [0, 0.1) is 29.1 Å². The molecule has 2 saturated heterocycles. The van der Waals surface area contributed by atoms with Gasteiger partial charge in [0, 0.05) is 31.5 Å². The number of halogens is 2. The van der Waals surface area contributed by atoms with E-state index in [-0.39, 0.29) is 17.6 Å². The maximum absolute atomic E-state index is 13.2. The first kappa shape index (κ1) is 18.1. The second kappa shape index (κ2) is 7.10. The van der Waals surface area contributed by atoms with E-state index in [9.17, 15) is 8.78 Å². The summed E-state index contributed by atoms with van der Waals surface area (Å²) in [5, 5.41) is 6.78. The molecule has 2 aliphatic heterocycles. The van der Waals surface area contributed by atoms with Gasteiger partial charge in [-0.15, -0.1) is 0 Å². The molecule has 0 spiro atoms. The van der Waals surface area contributed by atoms with Gasteiger partial charge in [0.25, 0.3) is 0 Å². The van der Waals surface area contributed by atoms with Gasteiger partial charge in [-0.05, 0) is 43.6 Å². The smallest absolute Gasteiger partial charge is 0.242 e. The molecule has 22 heavy (non-hydrogen) atoms. The fraction of sp³-hybridized carbons (Fsp3) is 1.00. The first-order valence-corrected chi connectivity index (χ1v) is 8.51. The average Bonchev–Trinajstić information content (AvgIpc) is 2.45. The van der Waals surface area contributed by atoms with Crippen LogP contribution in [0.25, 0.3) is 0 Å². The van der Waals surface area contributed by atoms with E-state index in [2.05, 4.69) is 38.3 Å². The van der Waals surface area contributed by atoms with E-state index in [1.165, 1.54) is 0 Å². The number of hydrogen-bond acceptors (Lipinski definition) is 3. The van der Waals surface area contributed by atoms with Crippen molar-refractivity contribution < 1.29 is 13.5 Å². The van der Waals surface area contributed by atoms with Crippen molar-refractivity contribution >= 4 is 0 Å². The Kier molecular flexibility index (Phi) is 5.84. The molecule has 6 atom stereocenters. The summed E-state index contributed by atoms with van der Waals surface area (Å²) in [5.41, 5.74) is 0.161. The Bertz CT molecular complexity index is 359. The Morgan fingerprint density at radius 2 is 1.73 bits per heavy atom. The summed E-state index contributed by atoms with van der Waals surface area (Å²) in [6.45, 7) is 10.3. The third-order valence-corrected chi connectivity index (χ3v) is 5.65. The fourth-order valence-corrected chi connectivity index (χ4v) is 4.38. The lowest BCUT2D eigenvalue weighted by atomic mass is 9.62. The molecule has 6 unspecified atom stereocenters. The summed E-state index contributed by atoms with van der Waals surface area (Å²) >= 11 is 0. The third-order valence-electron chi connectivity index (χ3n) is 5.65. The summed E-state index contributed by atoms with van der Waals surface area (Å²) in [4.78, 5) is 0. The van der Waals surface area contributed by atoms with Gasteiger partial charge in [0.15, 0.2) is 0 Å². The van der Waals surface area contributed by atoms with Gasteiger partial charge in [0.1, 0.15) is 6.23 Å². The van der Waals surface area contributed by atoms with Gasteiger partial charge >= 0.3 is 0 Å². The quantitative estimate of drug-likeness (QED) is 0.839. The Hall–Kier alpha value is -0.260. The Morgan fingerprint density at radius 1 is 1.05 bits per heavy atom. The van der Waals surface area contributed by atoms with Gasteiger partial charge in [-0.1, -0.05) is 20.8 Å². The number of nitrogens with one attached hydrogen (secondary N) is 2. The zero-order valence-electron chi connectivity index (χ0n) is 14.5. The molecule has 0 aromatic heterocycles. The maximum atomic E-state index is 13.2. The second-order valence-corrected chi connectivity index (χ2v) is 8.24. The number of rotatable bonds is 3. The van der Waals surface area contributed by atoms with Crippen molar-refractivity contribution in [2.24, 2.45) is 29.1 Å². The van der Waals surface area contributed by atoms with Crippen LogP contribution < -0.4 is 10.6 Å². The number of alkyl halides is 2. The van der Waals surface area contributed by atoms with Crippen LogP contribution in [0.15, 0.2) is 0 Å². The van der Waals surface area contributed by atoms with Crippen LogP contribution in [0.3, 0.4) is 0 Å². The molecular weight excluding hydrogens is 286 g/mol. The summed E-state index contributed by atoms with van der Waals surface area (Å²) < 4.78 is 32.0. The van der Waals surface area contributed by atoms with Crippen LogP contribution in [-0.2, 0) is 4.74 Å². The third kappa shape index (κ3) is 3.98. The average molecular weight is 318 g/mol. The molecule has 0 amide bonds. The predicted octanol–water partition coefficient (Wildman–Crippen LogP) is 3.11. The molecule has 5 heteroatoms. The van der Waals surface area contributed by atoms with Gasteiger partial charge < -0.3 is 10.1 Å². The van der Waals surface area contributed by atoms with E-state index in [1.807, 2.05) is 0 Å². The van der Waals surface area contributed by atoms with E-state index in [0.29, 0.717) is 30.8 Å². The molecule has 0 radical (unpaired) electrons. The number of ether oxygens (including phenoxy) is 1. The van der Waals surface area contributed by atoms with Crippen LogP contribution in [0.5, 0.6) is 0 Å². The van der Waals surface area contributed by atoms with Crippen molar-refractivity contribution in [3.8, 4) is 0 Å². The molecule has 0 aliphatic carbocycles. The first-order valence-electron chi connectivity index (χ1n) is 8.51. The molecule has 2 rings (SSSR count). The van der Waals surface area contributed by atoms with Crippen LogP contribution in [0.4, 0.5) is 8.78 Å². The highest BCUT2D eigenvalue weighted by Crippen LogP contribution is 2.44. The summed E-state index contributed by atoms with van der Waals surface area (Å²) in [6, 6.07) is 0.438. The highest BCUT2D eigenvalue weighted by atomic mass is 19.3. The summed E-state index contributed by atoms with van der Waals surface area (Å²) in [5.74, 6) is 0.494. The lowest BCUT2D eigenvalue weighted by Gasteiger charge is -2.50. The van der Waals surface area contributed by atoms with Crippen LogP contribution >= 0.6 is 0 Å². The Morgan fingerprint density at radius 3 is 2.27 bits per heavy atom. The standard InChI is InChI=1S/C17H32F2N2O/c1-10-6-12(14(9-20-10)17(2,3)4)13-7-11(15(18)19)8-21-16(13)22-5/h10-16,20-21H,6-9H2,1-5H3. The summed E-state index contributed by atoms with van der Waals surface area (Å²) in [6.07, 6.45) is -0.757. The SMILES string of the molecule is COC1NCC(C(F)F)CC1C1CC(C)NCC1C(C)(C)C. The molecular formula is C17H32F2N2O. The number of methoxy groups -OCH3 is 1. The van der Waals surface area contributed by atoms with Crippen LogP contribution in [-0.4, -0.2) is 38.9 Å². The summed E-state index contributed by atoms with van der Waals surface area (Å²) in [7, 11) is 1.68. The lowest BCUT2D eigenvalue weighted by Crippen LogP contribution is -2.56. The lowest BCUT2D eigenvalue weighted by molar-refractivity contribution is -0.0854. The highest BCUT2D eigenvalue weighted by Gasteiger charge is 2.46.